The van der Waals surface area contributed by atoms with Gasteiger partial charge in [0, 0.05) is 29.7 Å². The molecule has 1 N–H and O–H groups in total. The summed E-state index contributed by atoms with van der Waals surface area (Å²) < 4.78 is 10.8. The van der Waals surface area contributed by atoms with Crippen molar-refractivity contribution >= 4 is 28.3 Å². The van der Waals surface area contributed by atoms with Crippen LogP contribution in [-0.4, -0.2) is 48.9 Å². The van der Waals surface area contributed by atoms with Gasteiger partial charge >= 0.3 is 0 Å². The van der Waals surface area contributed by atoms with Gasteiger partial charge in [0.25, 0.3) is 5.91 Å². The number of hydrogen-bond acceptors (Lipinski definition) is 6. The van der Waals surface area contributed by atoms with E-state index in [0.29, 0.717) is 29.2 Å². The Hall–Kier alpha value is -4.23. The number of nitrogens with one attached hydrogen (secondary N) is 1. The van der Waals surface area contributed by atoms with E-state index in [2.05, 4.69) is 15.2 Å². The van der Waals surface area contributed by atoms with E-state index in [1.54, 1.807) is 44.6 Å². The summed E-state index contributed by atoms with van der Waals surface area (Å²) in [6.07, 6.45) is 0.831. The molecular formula is C29H27N3O4. The lowest BCUT2D eigenvalue weighted by Gasteiger charge is -2.29. The topological polar surface area (TPSA) is 80.8 Å². The van der Waals surface area contributed by atoms with Crippen molar-refractivity contribution in [3.8, 4) is 11.5 Å². The number of carbonyl (C=O) groups excluding carboxylic acids is 2. The molecule has 0 aliphatic carbocycles. The fourth-order valence-electron chi connectivity index (χ4n) is 4.53. The highest BCUT2D eigenvalue weighted by Crippen LogP contribution is 2.33. The third-order valence-electron chi connectivity index (χ3n) is 6.44. The summed E-state index contributed by atoms with van der Waals surface area (Å²) in [6.45, 7) is 1.72. The second-order valence-electron chi connectivity index (χ2n) is 8.78. The maximum absolute atomic E-state index is 13.1. The molecule has 4 aromatic rings. The van der Waals surface area contributed by atoms with Gasteiger partial charge in [-0.2, -0.15) is 0 Å². The number of Topliss-reactive ketones (excluding diaryl/α,β-unsaturated/α-hetero) is 1. The summed E-state index contributed by atoms with van der Waals surface area (Å²) in [5, 5.41) is 3.84. The Balaban J connectivity index is 1.26. The number of amides is 1. The predicted molar refractivity (Wildman–Crippen MR) is 139 cm³/mol. The number of pyridine rings is 1. The predicted octanol–water partition coefficient (Wildman–Crippen LogP) is 4.75. The van der Waals surface area contributed by atoms with Crippen LogP contribution in [-0.2, 0) is 13.0 Å². The monoisotopic (exact) mass is 481 g/mol. The lowest BCUT2D eigenvalue weighted by molar-refractivity contribution is 0.0920. The first-order chi connectivity index (χ1) is 17.5. The molecule has 0 unspecified atom stereocenters. The number of hydrogen-bond donors (Lipinski definition) is 1. The summed E-state index contributed by atoms with van der Waals surface area (Å²) in [5.41, 5.74) is 4.54. The Morgan fingerprint density at radius 1 is 0.917 bits per heavy atom. The maximum Gasteiger partial charge on any atom is 0.274 e. The lowest BCUT2D eigenvalue weighted by atomic mass is 9.98. The molecule has 0 fully saturated rings. The largest absolute Gasteiger partial charge is 0.493 e. The van der Waals surface area contributed by atoms with Gasteiger partial charge in [-0.1, -0.05) is 36.4 Å². The average molecular weight is 482 g/mol. The van der Waals surface area contributed by atoms with E-state index >= 15 is 0 Å². The number of para-hydroxylation sites is 1. The molecule has 5 rings (SSSR count). The average Bonchev–Trinajstić information content (AvgIpc) is 2.92. The SMILES string of the molecule is COc1cc2c(cc1OC)CN(CC(=O)c1cccc(NC(=O)c3ccc4ccccc4n3)c1)CC2. The first kappa shape index (κ1) is 23.5. The molecule has 2 heterocycles. The molecule has 0 spiro atoms. The Kier molecular flexibility index (Phi) is 6.64. The van der Waals surface area contributed by atoms with Crippen LogP contribution in [0.2, 0.25) is 0 Å². The minimum Gasteiger partial charge on any atom is -0.493 e. The van der Waals surface area contributed by atoms with Gasteiger partial charge in [0.05, 0.1) is 26.3 Å². The van der Waals surface area contributed by atoms with E-state index in [9.17, 15) is 9.59 Å². The second-order valence-corrected chi connectivity index (χ2v) is 8.78. The number of methoxy groups -OCH3 is 2. The normalized spacial score (nSPS) is 13.2. The van der Waals surface area contributed by atoms with Crippen LogP contribution in [0.3, 0.4) is 0 Å². The molecule has 36 heavy (non-hydrogen) atoms. The van der Waals surface area contributed by atoms with Crippen LogP contribution in [0.5, 0.6) is 11.5 Å². The van der Waals surface area contributed by atoms with Crippen LogP contribution in [0.1, 0.15) is 32.0 Å². The number of aromatic nitrogens is 1. The van der Waals surface area contributed by atoms with Gasteiger partial charge in [-0.05, 0) is 53.9 Å². The van der Waals surface area contributed by atoms with Crippen molar-refractivity contribution in [3.05, 3.63) is 95.2 Å². The third kappa shape index (κ3) is 4.92. The van der Waals surface area contributed by atoms with Crippen LogP contribution in [0, 0.1) is 0 Å². The summed E-state index contributed by atoms with van der Waals surface area (Å²) in [5.74, 6) is 1.09. The fourth-order valence-corrected chi connectivity index (χ4v) is 4.53. The van der Waals surface area contributed by atoms with E-state index in [4.69, 9.17) is 9.47 Å². The van der Waals surface area contributed by atoms with Gasteiger partial charge < -0.3 is 14.8 Å². The molecule has 0 bridgehead atoms. The molecule has 182 valence electrons. The zero-order valence-corrected chi connectivity index (χ0v) is 20.3. The van der Waals surface area contributed by atoms with Gasteiger partial charge in [-0.15, -0.1) is 0 Å². The zero-order chi connectivity index (χ0) is 25.1. The molecule has 1 aliphatic heterocycles. The van der Waals surface area contributed by atoms with Crippen molar-refractivity contribution in [2.75, 3.05) is 32.6 Å². The van der Waals surface area contributed by atoms with Crippen molar-refractivity contribution in [2.45, 2.75) is 13.0 Å². The Labute approximate surface area is 209 Å². The molecule has 0 atom stereocenters. The van der Waals surface area contributed by atoms with Crippen LogP contribution in [0.15, 0.2) is 72.8 Å². The molecule has 7 heteroatoms. The number of nitrogens with zero attached hydrogens (tertiary/aromatic N) is 2. The van der Waals surface area contributed by atoms with Gasteiger partial charge in [0.2, 0.25) is 0 Å². The van der Waals surface area contributed by atoms with E-state index in [1.807, 2.05) is 42.5 Å². The Bertz CT molecular complexity index is 1450. The molecular weight excluding hydrogens is 454 g/mol. The van der Waals surface area contributed by atoms with Crippen LogP contribution < -0.4 is 14.8 Å². The van der Waals surface area contributed by atoms with Crippen LogP contribution in [0.25, 0.3) is 10.9 Å². The smallest absolute Gasteiger partial charge is 0.274 e. The summed E-state index contributed by atoms with van der Waals surface area (Å²) in [7, 11) is 3.25. The molecule has 7 nitrogen and oxygen atoms in total. The summed E-state index contributed by atoms with van der Waals surface area (Å²) in [4.78, 5) is 32.4. The van der Waals surface area contributed by atoms with Crippen molar-refractivity contribution < 1.29 is 19.1 Å². The number of carbonyl (C=O) groups is 2. The number of ketones is 1. The Morgan fingerprint density at radius 3 is 2.50 bits per heavy atom. The van der Waals surface area contributed by atoms with Crippen LogP contribution >= 0.6 is 0 Å². The highest BCUT2D eigenvalue weighted by Gasteiger charge is 2.22. The number of rotatable bonds is 7. The zero-order valence-electron chi connectivity index (χ0n) is 20.3. The molecule has 1 aliphatic rings. The molecule has 0 saturated carbocycles. The van der Waals surface area contributed by atoms with Crippen LogP contribution in [0.4, 0.5) is 5.69 Å². The Morgan fingerprint density at radius 2 is 1.69 bits per heavy atom. The first-order valence-electron chi connectivity index (χ1n) is 11.8. The lowest BCUT2D eigenvalue weighted by Crippen LogP contribution is -2.35. The van der Waals surface area contributed by atoms with Gasteiger partial charge in [0.15, 0.2) is 17.3 Å². The molecule has 0 saturated heterocycles. The van der Waals surface area contributed by atoms with Crippen molar-refractivity contribution in [1.82, 2.24) is 9.88 Å². The number of anilines is 1. The minimum absolute atomic E-state index is 0.00106. The standard InChI is InChI=1S/C29H27N3O4/c1-35-27-15-20-12-13-32(17-22(20)16-28(27)36-2)18-26(33)21-7-5-8-23(14-21)30-29(34)25-11-10-19-6-3-4-9-24(19)31-25/h3-11,14-16H,12-13,17-18H2,1-2H3,(H,30,34). The molecule has 1 amide bonds. The fraction of sp³-hybridized carbons (Fsp3) is 0.207. The second kappa shape index (κ2) is 10.2. The highest BCUT2D eigenvalue weighted by molar-refractivity contribution is 6.05. The first-order valence-corrected chi connectivity index (χ1v) is 11.8. The molecule has 3 aromatic carbocycles. The maximum atomic E-state index is 13.1. The minimum atomic E-state index is -0.317. The van der Waals surface area contributed by atoms with E-state index in [0.717, 1.165) is 35.2 Å². The highest BCUT2D eigenvalue weighted by atomic mass is 16.5. The van der Waals surface area contributed by atoms with Crippen molar-refractivity contribution in [1.29, 1.82) is 0 Å². The van der Waals surface area contributed by atoms with Gasteiger partial charge in [-0.25, -0.2) is 4.98 Å². The van der Waals surface area contributed by atoms with E-state index in [1.165, 1.54) is 5.56 Å². The number of benzene rings is 3. The van der Waals surface area contributed by atoms with Crippen molar-refractivity contribution in [3.63, 3.8) is 0 Å². The van der Waals surface area contributed by atoms with Gasteiger partial charge in [0.1, 0.15) is 5.69 Å². The number of fused-ring (bicyclic) bond motifs is 2. The third-order valence-corrected chi connectivity index (χ3v) is 6.44. The summed E-state index contributed by atoms with van der Waals surface area (Å²) in [6, 6.07) is 22.3. The molecule has 1 aromatic heterocycles. The quantitative estimate of drug-likeness (QED) is 0.384. The number of ether oxygens (including phenoxy) is 2. The summed E-state index contributed by atoms with van der Waals surface area (Å²) >= 11 is 0. The van der Waals surface area contributed by atoms with E-state index in [-0.39, 0.29) is 18.2 Å². The van der Waals surface area contributed by atoms with Crippen molar-refractivity contribution in [2.24, 2.45) is 0 Å². The van der Waals surface area contributed by atoms with E-state index < -0.39 is 0 Å². The molecule has 0 radical (unpaired) electrons. The van der Waals surface area contributed by atoms with Gasteiger partial charge in [-0.3, -0.25) is 14.5 Å².